The molecule has 0 aromatic heterocycles. The van der Waals surface area contributed by atoms with E-state index in [4.69, 9.17) is 10.9 Å². The van der Waals surface area contributed by atoms with E-state index in [9.17, 15) is 13.6 Å². The topological polar surface area (TPSA) is 87.7 Å². The minimum atomic E-state index is -0.953. The molecule has 1 amide bonds. The van der Waals surface area contributed by atoms with Crippen LogP contribution >= 0.6 is 15.9 Å². The monoisotopic (exact) mass is 349 g/mol. The number of amidine groups is 1. The van der Waals surface area contributed by atoms with Crippen LogP contribution in [0.2, 0.25) is 0 Å². The Bertz CT molecular complexity index is 550. The summed E-state index contributed by atoms with van der Waals surface area (Å²) in [6.45, 7) is 3.36. The molecule has 0 saturated heterocycles. The fraction of sp³-hybridized carbons (Fsp3) is 0.333. The number of carbonyl (C=O) groups excluding carboxylic acids is 1. The molecule has 0 spiro atoms. The molecule has 8 heteroatoms. The summed E-state index contributed by atoms with van der Waals surface area (Å²) in [5.41, 5.74) is 5.12. The lowest BCUT2D eigenvalue weighted by Gasteiger charge is -2.19. The third-order valence-corrected chi connectivity index (χ3v) is 3.26. The van der Waals surface area contributed by atoms with Gasteiger partial charge in [-0.1, -0.05) is 19.0 Å². The third-order valence-electron chi connectivity index (χ3n) is 2.65. The van der Waals surface area contributed by atoms with E-state index in [0.717, 1.165) is 12.1 Å². The lowest BCUT2D eigenvalue weighted by Crippen LogP contribution is -2.38. The number of oxime groups is 1. The Hall–Kier alpha value is -1.70. The number of nitrogens with two attached hydrogens (primary N) is 1. The van der Waals surface area contributed by atoms with Crippen LogP contribution in [0, 0.1) is 23.5 Å². The highest BCUT2D eigenvalue weighted by molar-refractivity contribution is 9.10. The highest BCUT2D eigenvalue weighted by atomic mass is 79.9. The van der Waals surface area contributed by atoms with Crippen LogP contribution in [0.25, 0.3) is 0 Å². The van der Waals surface area contributed by atoms with Gasteiger partial charge in [0, 0.05) is 6.07 Å². The van der Waals surface area contributed by atoms with E-state index in [0.29, 0.717) is 0 Å². The van der Waals surface area contributed by atoms with Gasteiger partial charge in [0.2, 0.25) is 5.91 Å². The third kappa shape index (κ3) is 3.66. The molecule has 4 N–H and O–H groups in total. The summed E-state index contributed by atoms with van der Waals surface area (Å²) >= 11 is 2.83. The maximum atomic E-state index is 13.6. The van der Waals surface area contributed by atoms with E-state index in [1.807, 2.05) is 0 Å². The summed E-state index contributed by atoms with van der Waals surface area (Å²) < 4.78 is 26.9. The standard InChI is InChI=1S/C12H14BrF2N3O2/c1-5(2)10(11(16)18-20)12(19)17-9-4-7(14)6(13)3-8(9)15/h3-5,10,20H,1-2H3,(H2,16,18)(H,17,19). The number of hydrogen-bond donors (Lipinski definition) is 3. The van der Waals surface area contributed by atoms with Gasteiger partial charge in [-0.3, -0.25) is 4.79 Å². The Labute approximate surface area is 123 Å². The van der Waals surface area contributed by atoms with Crippen molar-refractivity contribution in [1.29, 1.82) is 0 Å². The van der Waals surface area contributed by atoms with Crippen molar-refractivity contribution in [2.75, 3.05) is 5.32 Å². The minimum absolute atomic E-state index is 0.0511. The predicted molar refractivity (Wildman–Crippen MR) is 74.4 cm³/mol. The van der Waals surface area contributed by atoms with Crippen LogP contribution in [0.4, 0.5) is 14.5 Å². The lowest BCUT2D eigenvalue weighted by atomic mass is 9.93. The number of rotatable bonds is 4. The maximum absolute atomic E-state index is 13.6. The van der Waals surface area contributed by atoms with Crippen molar-refractivity contribution in [3.63, 3.8) is 0 Å². The van der Waals surface area contributed by atoms with Gasteiger partial charge in [-0.2, -0.15) is 0 Å². The van der Waals surface area contributed by atoms with Crippen molar-refractivity contribution < 1.29 is 18.8 Å². The maximum Gasteiger partial charge on any atom is 0.235 e. The minimum Gasteiger partial charge on any atom is -0.409 e. The van der Waals surface area contributed by atoms with Gasteiger partial charge in [-0.15, -0.1) is 0 Å². The number of amides is 1. The molecule has 1 atom stereocenters. The molecule has 0 heterocycles. The Kier molecular flexibility index (Phi) is 5.43. The first-order valence-electron chi connectivity index (χ1n) is 5.70. The van der Waals surface area contributed by atoms with Crippen molar-refractivity contribution in [1.82, 2.24) is 0 Å². The fourth-order valence-electron chi connectivity index (χ4n) is 1.67. The largest absolute Gasteiger partial charge is 0.409 e. The van der Waals surface area contributed by atoms with Crippen LogP contribution in [0.5, 0.6) is 0 Å². The van der Waals surface area contributed by atoms with Gasteiger partial charge in [0.15, 0.2) is 5.84 Å². The second-order valence-electron chi connectivity index (χ2n) is 4.48. The van der Waals surface area contributed by atoms with E-state index in [2.05, 4.69) is 26.4 Å². The van der Waals surface area contributed by atoms with Gasteiger partial charge in [0.25, 0.3) is 0 Å². The van der Waals surface area contributed by atoms with Crippen molar-refractivity contribution in [2.45, 2.75) is 13.8 Å². The molecule has 0 aliphatic heterocycles. The quantitative estimate of drug-likeness (QED) is 0.257. The number of carbonyl (C=O) groups is 1. The van der Waals surface area contributed by atoms with E-state index in [-0.39, 0.29) is 21.9 Å². The zero-order valence-corrected chi connectivity index (χ0v) is 12.4. The van der Waals surface area contributed by atoms with Gasteiger partial charge >= 0.3 is 0 Å². The van der Waals surface area contributed by atoms with Gasteiger partial charge in [-0.05, 0) is 27.9 Å². The van der Waals surface area contributed by atoms with E-state index in [1.165, 1.54) is 0 Å². The number of halogens is 3. The van der Waals surface area contributed by atoms with Crippen LogP contribution in [0.3, 0.4) is 0 Å². The summed E-state index contributed by atoms with van der Waals surface area (Å²) in [4.78, 5) is 12.0. The molecule has 0 aliphatic carbocycles. The van der Waals surface area contributed by atoms with Crippen molar-refractivity contribution in [3.8, 4) is 0 Å². The van der Waals surface area contributed by atoms with Crippen molar-refractivity contribution in [2.24, 2.45) is 22.7 Å². The van der Waals surface area contributed by atoms with E-state index < -0.39 is 23.5 Å². The van der Waals surface area contributed by atoms with Crippen molar-refractivity contribution >= 4 is 33.4 Å². The Morgan fingerprint density at radius 3 is 2.50 bits per heavy atom. The average Bonchev–Trinajstić information content (AvgIpc) is 2.35. The molecule has 1 aromatic rings. The fourth-order valence-corrected chi connectivity index (χ4v) is 1.99. The van der Waals surface area contributed by atoms with Gasteiger partial charge in [-0.25, -0.2) is 8.78 Å². The predicted octanol–water partition coefficient (Wildman–Crippen LogP) is 2.68. The average molecular weight is 350 g/mol. The zero-order valence-electron chi connectivity index (χ0n) is 10.8. The molecule has 0 saturated carbocycles. The molecule has 1 rings (SSSR count). The molecule has 0 bridgehead atoms. The molecular weight excluding hydrogens is 336 g/mol. The number of nitrogens with zero attached hydrogens (tertiary/aromatic N) is 1. The number of nitrogens with one attached hydrogen (secondary N) is 1. The molecule has 1 aromatic carbocycles. The van der Waals surface area contributed by atoms with E-state index >= 15 is 0 Å². The van der Waals surface area contributed by atoms with Gasteiger partial charge in [0.05, 0.1) is 10.2 Å². The molecule has 0 fully saturated rings. The molecule has 0 aliphatic rings. The lowest BCUT2D eigenvalue weighted by molar-refractivity contribution is -0.119. The van der Waals surface area contributed by atoms with Crippen molar-refractivity contribution in [3.05, 3.63) is 28.2 Å². The first-order valence-corrected chi connectivity index (χ1v) is 6.50. The summed E-state index contributed by atoms with van der Waals surface area (Å²) in [6.07, 6.45) is 0. The van der Waals surface area contributed by atoms with Crippen LogP contribution in [0.1, 0.15) is 13.8 Å². The van der Waals surface area contributed by atoms with Gasteiger partial charge in [0.1, 0.15) is 17.6 Å². The number of benzene rings is 1. The highest BCUT2D eigenvalue weighted by Gasteiger charge is 2.27. The molecule has 0 radical (unpaired) electrons. The van der Waals surface area contributed by atoms with Crippen LogP contribution in [-0.2, 0) is 4.79 Å². The first kappa shape index (κ1) is 16.4. The zero-order chi connectivity index (χ0) is 15.4. The molecule has 5 nitrogen and oxygen atoms in total. The number of hydrogen-bond acceptors (Lipinski definition) is 3. The Balaban J connectivity index is 3.03. The summed E-state index contributed by atoms with van der Waals surface area (Å²) in [6, 6.07) is 1.75. The Morgan fingerprint density at radius 2 is 2.00 bits per heavy atom. The first-order chi connectivity index (χ1) is 9.27. The summed E-state index contributed by atoms with van der Waals surface area (Å²) in [7, 11) is 0. The Morgan fingerprint density at radius 1 is 1.40 bits per heavy atom. The molecular formula is C12H14BrF2N3O2. The van der Waals surface area contributed by atoms with Crippen LogP contribution in [0.15, 0.2) is 21.8 Å². The molecule has 20 heavy (non-hydrogen) atoms. The van der Waals surface area contributed by atoms with E-state index in [1.54, 1.807) is 13.8 Å². The van der Waals surface area contributed by atoms with Gasteiger partial charge < -0.3 is 16.3 Å². The molecule has 1 unspecified atom stereocenters. The summed E-state index contributed by atoms with van der Waals surface area (Å²) in [5, 5.41) is 13.7. The number of anilines is 1. The summed E-state index contributed by atoms with van der Waals surface area (Å²) in [5.74, 6) is -3.73. The second kappa shape index (κ2) is 6.65. The SMILES string of the molecule is CC(C)C(C(=O)Nc1cc(F)c(Br)cc1F)/C(N)=N/O. The van der Waals surface area contributed by atoms with Crippen LogP contribution in [-0.4, -0.2) is 17.0 Å². The second-order valence-corrected chi connectivity index (χ2v) is 5.34. The molecule has 110 valence electrons. The smallest absolute Gasteiger partial charge is 0.235 e. The van der Waals surface area contributed by atoms with Crippen LogP contribution < -0.4 is 11.1 Å². The highest BCUT2D eigenvalue weighted by Crippen LogP contribution is 2.24. The normalized spacial score (nSPS) is 13.4.